The summed E-state index contributed by atoms with van der Waals surface area (Å²) in [4.78, 5) is 25.8. The summed E-state index contributed by atoms with van der Waals surface area (Å²) in [7, 11) is 11.3. The number of aromatic nitrogens is 2. The molecule has 19 heavy (non-hydrogen) atoms. The van der Waals surface area contributed by atoms with Crippen LogP contribution in [-0.2, 0) is 4.79 Å². The molecule has 0 aliphatic heterocycles. The maximum absolute atomic E-state index is 11.4. The van der Waals surface area contributed by atoms with E-state index in [-0.39, 0.29) is 5.91 Å². The van der Waals surface area contributed by atoms with E-state index in [0.29, 0.717) is 23.3 Å². The minimum Gasteiger partial charge on any atom is -0.361 e. The first-order valence-corrected chi connectivity index (χ1v) is 5.95. The van der Waals surface area contributed by atoms with Crippen molar-refractivity contribution in [2.75, 3.05) is 62.3 Å². The molecular weight excluding hydrogens is 244 g/mol. The van der Waals surface area contributed by atoms with Gasteiger partial charge in [-0.2, -0.15) is 9.97 Å². The first-order valence-electron chi connectivity index (χ1n) is 5.95. The predicted octanol–water partition coefficient (Wildman–Crippen LogP) is 0.633. The molecule has 0 aliphatic rings. The minimum absolute atomic E-state index is 0.146. The average molecular weight is 266 g/mol. The third-order valence-corrected chi connectivity index (χ3v) is 2.41. The Morgan fingerprint density at radius 2 is 1.32 bits per heavy atom. The zero-order valence-corrected chi connectivity index (χ0v) is 12.6. The molecule has 106 valence electrons. The summed E-state index contributed by atoms with van der Waals surface area (Å²) in [5.74, 6) is 1.81. The smallest absolute Gasteiger partial charge is 0.228 e. The Balaban J connectivity index is 3.50. The molecule has 0 fully saturated rings. The lowest BCUT2D eigenvalue weighted by Gasteiger charge is -2.24. The third-order valence-electron chi connectivity index (χ3n) is 2.41. The average Bonchev–Trinajstić information content (AvgIpc) is 2.27. The van der Waals surface area contributed by atoms with Gasteiger partial charge in [-0.05, 0) is 0 Å². The van der Waals surface area contributed by atoms with E-state index in [2.05, 4.69) is 15.3 Å². The van der Waals surface area contributed by atoms with Crippen molar-refractivity contribution in [2.45, 2.75) is 6.92 Å². The van der Waals surface area contributed by atoms with Crippen LogP contribution in [0.5, 0.6) is 0 Å². The van der Waals surface area contributed by atoms with Gasteiger partial charge in [0.1, 0.15) is 5.69 Å². The Hall–Kier alpha value is -2.05. The maximum Gasteiger partial charge on any atom is 0.228 e. The summed E-state index contributed by atoms with van der Waals surface area (Å²) in [5.41, 5.74) is 0.619. The van der Waals surface area contributed by atoms with Crippen LogP contribution < -0.4 is 20.0 Å². The number of carbonyl (C=O) groups excluding carboxylic acids is 1. The topological polar surface area (TPSA) is 64.6 Å². The molecule has 0 bridgehead atoms. The number of nitrogens with one attached hydrogen (secondary N) is 1. The minimum atomic E-state index is -0.146. The van der Waals surface area contributed by atoms with Crippen LogP contribution in [0.4, 0.5) is 23.3 Å². The zero-order valence-electron chi connectivity index (χ0n) is 12.6. The van der Waals surface area contributed by atoms with Gasteiger partial charge in [-0.25, -0.2) is 0 Å². The van der Waals surface area contributed by atoms with Crippen LogP contribution in [0.3, 0.4) is 0 Å². The Morgan fingerprint density at radius 1 is 0.895 bits per heavy atom. The second-order valence-corrected chi connectivity index (χ2v) is 4.91. The zero-order chi connectivity index (χ0) is 14.7. The molecule has 1 heterocycles. The lowest BCUT2D eigenvalue weighted by molar-refractivity contribution is -0.114. The van der Waals surface area contributed by atoms with Gasteiger partial charge < -0.3 is 20.0 Å². The monoisotopic (exact) mass is 266 g/mol. The molecular formula is C12H22N6O. The molecule has 1 amide bonds. The van der Waals surface area contributed by atoms with Crippen molar-refractivity contribution in [1.82, 2.24) is 9.97 Å². The Labute approximate surface area is 114 Å². The lowest BCUT2D eigenvalue weighted by Crippen LogP contribution is -2.24. The van der Waals surface area contributed by atoms with Crippen LogP contribution in [0.1, 0.15) is 6.92 Å². The number of rotatable bonds is 4. The second-order valence-electron chi connectivity index (χ2n) is 4.91. The van der Waals surface area contributed by atoms with Gasteiger partial charge in [0.15, 0.2) is 11.6 Å². The molecule has 1 aromatic rings. The highest BCUT2D eigenvalue weighted by atomic mass is 16.1. The van der Waals surface area contributed by atoms with E-state index in [1.54, 1.807) is 0 Å². The van der Waals surface area contributed by atoms with Crippen LogP contribution in [0.2, 0.25) is 0 Å². The van der Waals surface area contributed by atoms with Gasteiger partial charge in [0.25, 0.3) is 0 Å². The van der Waals surface area contributed by atoms with E-state index in [4.69, 9.17) is 0 Å². The predicted molar refractivity (Wildman–Crippen MR) is 79.3 cm³/mol. The number of hydrogen-bond donors (Lipinski definition) is 1. The van der Waals surface area contributed by atoms with E-state index in [1.807, 2.05) is 57.0 Å². The van der Waals surface area contributed by atoms with Gasteiger partial charge in [-0.3, -0.25) is 4.79 Å². The molecule has 0 atom stereocenters. The van der Waals surface area contributed by atoms with Crippen molar-refractivity contribution in [3.05, 3.63) is 0 Å². The quantitative estimate of drug-likeness (QED) is 0.862. The third kappa shape index (κ3) is 3.46. The van der Waals surface area contributed by atoms with Crippen molar-refractivity contribution in [1.29, 1.82) is 0 Å². The summed E-state index contributed by atoms with van der Waals surface area (Å²) < 4.78 is 0. The molecule has 7 nitrogen and oxygen atoms in total. The summed E-state index contributed by atoms with van der Waals surface area (Å²) >= 11 is 0. The molecule has 0 saturated heterocycles. The molecule has 0 unspecified atom stereocenters. The fourth-order valence-electron chi connectivity index (χ4n) is 1.56. The first kappa shape index (κ1) is 15.0. The molecule has 0 aliphatic carbocycles. The highest BCUT2D eigenvalue weighted by molar-refractivity contribution is 5.96. The van der Waals surface area contributed by atoms with Crippen molar-refractivity contribution >= 4 is 29.2 Å². The number of amides is 1. The number of anilines is 4. The molecule has 0 saturated carbocycles. The maximum atomic E-state index is 11.4. The molecule has 0 radical (unpaired) electrons. The number of carbonyl (C=O) groups is 1. The highest BCUT2D eigenvalue weighted by Crippen LogP contribution is 2.32. The lowest BCUT2D eigenvalue weighted by atomic mass is 10.3. The summed E-state index contributed by atoms with van der Waals surface area (Å²) in [6, 6.07) is 0. The standard InChI is InChI=1S/C12H22N6O/c1-8(19)13-9-10(16(2)3)14-12(18(6)7)15-11(9)17(4)5/h1-7H3,(H,13,19). The van der Waals surface area contributed by atoms with E-state index < -0.39 is 0 Å². The summed E-state index contributed by atoms with van der Waals surface area (Å²) in [6.07, 6.45) is 0. The van der Waals surface area contributed by atoms with Gasteiger partial charge >= 0.3 is 0 Å². The highest BCUT2D eigenvalue weighted by Gasteiger charge is 2.19. The van der Waals surface area contributed by atoms with Crippen molar-refractivity contribution in [3.8, 4) is 0 Å². The van der Waals surface area contributed by atoms with Gasteiger partial charge in [0.05, 0.1) is 0 Å². The van der Waals surface area contributed by atoms with Crippen LogP contribution in [0, 0.1) is 0 Å². The van der Waals surface area contributed by atoms with Gasteiger partial charge in [0, 0.05) is 49.2 Å². The van der Waals surface area contributed by atoms with E-state index in [1.165, 1.54) is 6.92 Å². The molecule has 0 spiro atoms. The van der Waals surface area contributed by atoms with Gasteiger partial charge in [-0.15, -0.1) is 0 Å². The normalized spacial score (nSPS) is 10.1. The Kier molecular flexibility index (Phi) is 4.52. The van der Waals surface area contributed by atoms with Crippen molar-refractivity contribution in [3.63, 3.8) is 0 Å². The first-order chi connectivity index (χ1) is 8.73. The Bertz CT molecular complexity index is 440. The van der Waals surface area contributed by atoms with E-state index >= 15 is 0 Å². The molecule has 1 N–H and O–H groups in total. The molecule has 7 heteroatoms. The SMILES string of the molecule is CC(=O)Nc1c(N(C)C)nc(N(C)C)nc1N(C)C. The fraction of sp³-hybridized carbons (Fsp3) is 0.583. The largest absolute Gasteiger partial charge is 0.361 e. The molecule has 1 aromatic heterocycles. The van der Waals surface area contributed by atoms with Crippen molar-refractivity contribution < 1.29 is 4.79 Å². The second kappa shape index (κ2) is 5.73. The van der Waals surface area contributed by atoms with Crippen LogP contribution >= 0.6 is 0 Å². The van der Waals surface area contributed by atoms with Gasteiger partial charge in [-0.1, -0.05) is 0 Å². The van der Waals surface area contributed by atoms with Crippen LogP contribution in [-0.4, -0.2) is 58.2 Å². The summed E-state index contributed by atoms with van der Waals surface area (Å²) in [6.45, 7) is 1.47. The van der Waals surface area contributed by atoms with Gasteiger partial charge in [0.2, 0.25) is 11.9 Å². The molecule has 0 aromatic carbocycles. The number of hydrogen-bond acceptors (Lipinski definition) is 6. The fourth-order valence-corrected chi connectivity index (χ4v) is 1.56. The summed E-state index contributed by atoms with van der Waals surface area (Å²) in [5, 5.41) is 2.81. The molecule has 1 rings (SSSR count). The van der Waals surface area contributed by atoms with E-state index in [0.717, 1.165) is 0 Å². The van der Waals surface area contributed by atoms with Crippen LogP contribution in [0.25, 0.3) is 0 Å². The van der Waals surface area contributed by atoms with Crippen molar-refractivity contribution in [2.24, 2.45) is 0 Å². The Morgan fingerprint density at radius 3 is 1.58 bits per heavy atom. The number of nitrogens with zero attached hydrogens (tertiary/aromatic N) is 5. The van der Waals surface area contributed by atoms with Crippen LogP contribution in [0.15, 0.2) is 0 Å². The van der Waals surface area contributed by atoms with E-state index in [9.17, 15) is 4.79 Å².